The van der Waals surface area contributed by atoms with E-state index in [2.05, 4.69) is 31.0 Å². The summed E-state index contributed by atoms with van der Waals surface area (Å²) in [5.74, 6) is 0.647. The molecule has 2 unspecified atom stereocenters. The third-order valence-electron chi connectivity index (χ3n) is 6.74. The summed E-state index contributed by atoms with van der Waals surface area (Å²) < 4.78 is 6.07. The first-order chi connectivity index (χ1) is 11.6. The fraction of sp³-hybridized carbons (Fsp3) is 0.950. The molecule has 24 heavy (non-hydrogen) atoms. The van der Waals surface area contributed by atoms with Crippen molar-refractivity contribution in [1.29, 1.82) is 0 Å². The van der Waals surface area contributed by atoms with Gasteiger partial charge in [0.15, 0.2) is 0 Å². The van der Waals surface area contributed by atoms with Crippen molar-refractivity contribution in [2.24, 2.45) is 11.3 Å². The molecule has 4 atom stereocenters. The molecule has 1 aliphatic heterocycles. The molecule has 0 radical (unpaired) electrons. The van der Waals surface area contributed by atoms with E-state index < -0.39 is 0 Å². The van der Waals surface area contributed by atoms with E-state index in [1.807, 2.05) is 0 Å². The molecule has 1 saturated heterocycles. The van der Waals surface area contributed by atoms with E-state index >= 15 is 0 Å². The minimum absolute atomic E-state index is 0.220. The molecule has 2 aliphatic carbocycles. The lowest BCUT2D eigenvalue weighted by atomic mass is 9.59. The summed E-state index contributed by atoms with van der Waals surface area (Å²) in [4.78, 5) is 15.6. The van der Waals surface area contributed by atoms with Gasteiger partial charge in [-0.3, -0.25) is 4.79 Å². The van der Waals surface area contributed by atoms with Gasteiger partial charge in [-0.1, -0.05) is 19.8 Å². The zero-order chi connectivity index (χ0) is 17.2. The number of carbonyl (C=O) groups excluding carboxylic acids is 1. The highest BCUT2D eigenvalue weighted by Gasteiger charge is 2.59. The smallest absolute Gasteiger partial charge is 0.226 e. The van der Waals surface area contributed by atoms with E-state index in [0.717, 1.165) is 45.4 Å². The summed E-state index contributed by atoms with van der Waals surface area (Å²) in [5, 5.41) is 3.48. The maximum absolute atomic E-state index is 13.3. The van der Waals surface area contributed by atoms with Crippen LogP contribution in [0.4, 0.5) is 0 Å². The number of carbonyl (C=O) groups is 1. The van der Waals surface area contributed by atoms with E-state index in [1.165, 1.54) is 25.7 Å². The molecule has 0 bridgehead atoms. The monoisotopic (exact) mass is 336 g/mol. The zero-order valence-corrected chi connectivity index (χ0v) is 15.9. The predicted molar refractivity (Wildman–Crippen MR) is 96.9 cm³/mol. The van der Waals surface area contributed by atoms with Gasteiger partial charge in [0.1, 0.15) is 0 Å². The van der Waals surface area contributed by atoms with Gasteiger partial charge in [0, 0.05) is 36.6 Å². The SMILES string of the molecule is CCCN(C(=O)[C@H]1CCN[C@@H](C)C1)C1CC(OCC)C12CCCC2. The summed E-state index contributed by atoms with van der Waals surface area (Å²) in [5.41, 5.74) is 0.263. The van der Waals surface area contributed by atoms with Crippen LogP contribution in [0.3, 0.4) is 0 Å². The molecule has 1 spiro atoms. The molecule has 0 aromatic carbocycles. The van der Waals surface area contributed by atoms with E-state index in [-0.39, 0.29) is 11.3 Å². The average Bonchev–Trinajstić information content (AvgIpc) is 3.09. The maximum Gasteiger partial charge on any atom is 0.226 e. The van der Waals surface area contributed by atoms with Gasteiger partial charge in [-0.05, 0) is 58.9 Å². The van der Waals surface area contributed by atoms with Gasteiger partial charge in [0.05, 0.1) is 6.10 Å². The van der Waals surface area contributed by atoms with Crippen molar-refractivity contribution in [3.8, 4) is 0 Å². The standard InChI is InChI=1S/C20H36N2O2/c1-4-12-22(19(23)16-8-11-21-15(3)13-16)17-14-18(24-5-2)20(17)9-6-7-10-20/h15-18,21H,4-14H2,1-3H3/t15-,16-,17?,18?/m0/s1. The van der Waals surface area contributed by atoms with Crippen LogP contribution in [-0.2, 0) is 9.53 Å². The summed E-state index contributed by atoms with van der Waals surface area (Å²) >= 11 is 0. The van der Waals surface area contributed by atoms with Gasteiger partial charge in [0.25, 0.3) is 0 Å². The van der Waals surface area contributed by atoms with Gasteiger partial charge < -0.3 is 15.0 Å². The summed E-state index contributed by atoms with van der Waals surface area (Å²) in [6.45, 7) is 9.20. The van der Waals surface area contributed by atoms with Crippen LogP contribution in [-0.4, -0.2) is 48.7 Å². The molecule has 3 aliphatic rings. The number of rotatable bonds is 6. The van der Waals surface area contributed by atoms with Crippen LogP contribution in [0.15, 0.2) is 0 Å². The number of hydrogen-bond acceptors (Lipinski definition) is 3. The molecular formula is C20H36N2O2. The minimum atomic E-state index is 0.220. The largest absolute Gasteiger partial charge is 0.378 e. The van der Waals surface area contributed by atoms with Crippen LogP contribution < -0.4 is 5.32 Å². The van der Waals surface area contributed by atoms with Crippen molar-refractivity contribution < 1.29 is 9.53 Å². The first kappa shape index (κ1) is 18.2. The lowest BCUT2D eigenvalue weighted by Crippen LogP contribution is -2.65. The zero-order valence-electron chi connectivity index (χ0n) is 15.9. The Hall–Kier alpha value is -0.610. The van der Waals surface area contributed by atoms with Crippen LogP contribution >= 0.6 is 0 Å². The number of ether oxygens (including phenoxy) is 1. The number of hydrogen-bond donors (Lipinski definition) is 1. The highest BCUT2D eigenvalue weighted by molar-refractivity contribution is 5.79. The van der Waals surface area contributed by atoms with E-state index in [9.17, 15) is 4.79 Å². The highest BCUT2D eigenvalue weighted by Crippen LogP contribution is 2.57. The minimum Gasteiger partial charge on any atom is -0.378 e. The van der Waals surface area contributed by atoms with Crippen molar-refractivity contribution in [2.75, 3.05) is 19.7 Å². The maximum atomic E-state index is 13.3. The van der Waals surface area contributed by atoms with Crippen LogP contribution in [0.5, 0.6) is 0 Å². The van der Waals surface area contributed by atoms with Gasteiger partial charge in [0.2, 0.25) is 5.91 Å². The Morgan fingerprint density at radius 2 is 2.00 bits per heavy atom. The molecule has 0 aromatic heterocycles. The first-order valence-corrected chi connectivity index (χ1v) is 10.3. The normalized spacial score (nSPS) is 35.0. The molecule has 1 heterocycles. The molecule has 138 valence electrons. The Bertz CT molecular complexity index is 433. The molecular weight excluding hydrogens is 300 g/mol. The Labute approximate surface area is 147 Å². The van der Waals surface area contributed by atoms with Gasteiger partial charge in [-0.2, -0.15) is 0 Å². The van der Waals surface area contributed by atoms with Gasteiger partial charge in [-0.25, -0.2) is 0 Å². The topological polar surface area (TPSA) is 41.6 Å². The van der Waals surface area contributed by atoms with Crippen molar-refractivity contribution in [2.45, 2.75) is 90.3 Å². The molecule has 4 heteroatoms. The number of amides is 1. The van der Waals surface area contributed by atoms with Crippen molar-refractivity contribution in [3.05, 3.63) is 0 Å². The second-order valence-electron chi connectivity index (χ2n) is 8.24. The fourth-order valence-corrected chi connectivity index (χ4v) is 5.54. The molecule has 3 rings (SSSR count). The van der Waals surface area contributed by atoms with Crippen LogP contribution in [0, 0.1) is 11.3 Å². The third-order valence-corrected chi connectivity index (χ3v) is 6.74. The highest BCUT2D eigenvalue weighted by atomic mass is 16.5. The van der Waals surface area contributed by atoms with Crippen molar-refractivity contribution >= 4 is 5.91 Å². The number of nitrogens with one attached hydrogen (secondary N) is 1. The lowest BCUT2D eigenvalue weighted by Gasteiger charge is -2.58. The Morgan fingerprint density at radius 1 is 1.25 bits per heavy atom. The quantitative estimate of drug-likeness (QED) is 0.809. The van der Waals surface area contributed by atoms with Crippen LogP contribution in [0.25, 0.3) is 0 Å². The van der Waals surface area contributed by atoms with Crippen molar-refractivity contribution in [1.82, 2.24) is 10.2 Å². The Morgan fingerprint density at radius 3 is 2.62 bits per heavy atom. The third kappa shape index (κ3) is 3.24. The molecule has 2 saturated carbocycles. The Balaban J connectivity index is 1.74. The Kier molecular flexibility index (Phi) is 5.86. The van der Waals surface area contributed by atoms with Crippen LogP contribution in [0.2, 0.25) is 0 Å². The first-order valence-electron chi connectivity index (χ1n) is 10.3. The predicted octanol–water partition coefficient (Wildman–Crippen LogP) is 3.35. The molecule has 1 amide bonds. The van der Waals surface area contributed by atoms with E-state index in [1.54, 1.807) is 0 Å². The summed E-state index contributed by atoms with van der Waals surface area (Å²) in [6, 6.07) is 0.892. The summed E-state index contributed by atoms with van der Waals surface area (Å²) in [6.07, 6.45) is 9.59. The van der Waals surface area contributed by atoms with Crippen LogP contribution in [0.1, 0.15) is 72.1 Å². The lowest BCUT2D eigenvalue weighted by molar-refractivity contribution is -0.179. The molecule has 1 N–H and O–H groups in total. The van der Waals surface area contributed by atoms with E-state index in [4.69, 9.17) is 4.74 Å². The van der Waals surface area contributed by atoms with Gasteiger partial charge >= 0.3 is 0 Å². The number of piperidine rings is 1. The average molecular weight is 337 g/mol. The molecule has 0 aromatic rings. The van der Waals surface area contributed by atoms with Gasteiger partial charge in [-0.15, -0.1) is 0 Å². The summed E-state index contributed by atoms with van der Waals surface area (Å²) in [7, 11) is 0. The molecule has 4 nitrogen and oxygen atoms in total. The molecule has 3 fully saturated rings. The van der Waals surface area contributed by atoms with Crippen molar-refractivity contribution in [3.63, 3.8) is 0 Å². The van der Waals surface area contributed by atoms with E-state index in [0.29, 0.717) is 24.1 Å². The second kappa shape index (κ2) is 7.74. The fourth-order valence-electron chi connectivity index (χ4n) is 5.54. The second-order valence-corrected chi connectivity index (χ2v) is 8.24. The number of nitrogens with zero attached hydrogens (tertiary/aromatic N) is 1.